The summed E-state index contributed by atoms with van der Waals surface area (Å²) in [5.74, 6) is 0. The number of hydrogen-bond donors (Lipinski definition) is 0. The Hall–Kier alpha value is -0.780. The zero-order valence-electron chi connectivity index (χ0n) is 9.00. The predicted molar refractivity (Wildman–Crippen MR) is 37.9 cm³/mol. The molecule has 8 heavy (non-hydrogen) atoms. The molecule has 0 N–H and O–H groups in total. The fourth-order valence-corrected chi connectivity index (χ4v) is 0.312. The summed E-state index contributed by atoms with van der Waals surface area (Å²) in [5, 5.41) is 0. The van der Waals surface area contributed by atoms with Crippen molar-refractivity contribution in [2.45, 2.75) is 14.4 Å². The highest BCUT2D eigenvalue weighted by atomic mass is 13.8. The highest BCUT2D eigenvalue weighted by molar-refractivity contribution is 5.11. The molecular weight excluding hydrogens is 96.1 g/mol. The summed E-state index contributed by atoms with van der Waals surface area (Å²) >= 11 is 0. The largest absolute Gasteiger partial charge is 0.0776 e. The third-order valence-electron chi connectivity index (χ3n) is 0.625. The second-order valence-corrected chi connectivity index (χ2v) is 1.25. The molecule has 1 rings (SSSR count). The number of benzene rings is 1. The van der Waals surface area contributed by atoms with E-state index in [2.05, 4.69) is 0 Å². The summed E-state index contributed by atoms with van der Waals surface area (Å²) < 4.78 is 36.3. The van der Waals surface area contributed by atoms with Crippen LogP contribution in [0.15, 0.2) is 30.2 Å². The van der Waals surface area contributed by atoms with E-state index in [9.17, 15) is 0 Å². The van der Waals surface area contributed by atoms with Gasteiger partial charge in [0.25, 0.3) is 0 Å². The van der Waals surface area contributed by atoms with Crippen molar-refractivity contribution in [1.29, 1.82) is 0 Å². The molecule has 0 saturated heterocycles. The number of hydrogen-bond acceptors (Lipinski definition) is 0. The number of rotatable bonds is 0. The summed E-state index contributed by atoms with van der Waals surface area (Å²) in [6.45, 7) is 1.51. The van der Waals surface area contributed by atoms with Crippen molar-refractivity contribution >= 4 is 0 Å². The van der Waals surface area contributed by atoms with Crippen LogP contribution in [0.2, 0.25) is 0 Å². The molecule has 0 nitrogen and oxygen atoms in total. The molecule has 44 valence electrons. The standard InChI is InChI=1S/C7H8.CH4/c1-7-5-3-2-4-6-7;/h2-6H,1H3;1H4/i2D,3D,4D,5D,6D;. The quantitative estimate of drug-likeness (QED) is 0.485. The molecule has 0 aliphatic heterocycles. The molecule has 0 bridgehead atoms. The molecule has 0 heterocycles. The first-order valence-electron chi connectivity index (χ1n) is 4.50. The fourth-order valence-electron chi connectivity index (χ4n) is 0.312. The monoisotopic (exact) mass is 113 g/mol. The average molecular weight is 113 g/mol. The zero-order chi connectivity index (χ0) is 9.46. The third-order valence-corrected chi connectivity index (χ3v) is 0.625. The molecular formula is C8H12. The third kappa shape index (κ3) is 1.78. The maximum atomic E-state index is 7.31. The van der Waals surface area contributed by atoms with Gasteiger partial charge in [0.1, 0.15) is 0 Å². The van der Waals surface area contributed by atoms with Crippen LogP contribution in [0.3, 0.4) is 0 Å². The van der Waals surface area contributed by atoms with Crippen LogP contribution >= 0.6 is 0 Å². The smallest absolute Gasteiger partial charge is 0.0625 e. The predicted octanol–water partition coefficient (Wildman–Crippen LogP) is 2.63. The van der Waals surface area contributed by atoms with E-state index in [0.717, 1.165) is 0 Å². The maximum absolute atomic E-state index is 7.31. The van der Waals surface area contributed by atoms with Crippen LogP contribution in [0.4, 0.5) is 0 Å². The molecule has 0 radical (unpaired) electrons. The zero-order valence-corrected chi connectivity index (χ0v) is 4.00. The van der Waals surface area contributed by atoms with E-state index in [1.165, 1.54) is 6.92 Å². The molecule has 0 aliphatic carbocycles. The Morgan fingerprint density at radius 2 is 1.75 bits per heavy atom. The average Bonchev–Trinajstić information content (AvgIpc) is 2.08. The van der Waals surface area contributed by atoms with E-state index in [1.54, 1.807) is 0 Å². The van der Waals surface area contributed by atoms with Gasteiger partial charge < -0.3 is 0 Å². The van der Waals surface area contributed by atoms with Crippen molar-refractivity contribution < 1.29 is 6.85 Å². The lowest BCUT2D eigenvalue weighted by Crippen LogP contribution is -1.62. The molecule has 0 saturated carbocycles. The van der Waals surface area contributed by atoms with Gasteiger partial charge in [-0.25, -0.2) is 0 Å². The lowest BCUT2D eigenvalue weighted by molar-refractivity contribution is 1.48. The van der Waals surface area contributed by atoms with Crippen molar-refractivity contribution in [2.24, 2.45) is 0 Å². The fraction of sp³-hybridized carbons (Fsp3) is 0.250. The van der Waals surface area contributed by atoms with Gasteiger partial charge >= 0.3 is 0 Å². The van der Waals surface area contributed by atoms with Crippen LogP contribution in [0.5, 0.6) is 0 Å². The van der Waals surface area contributed by atoms with Crippen molar-refractivity contribution in [3.05, 3.63) is 35.8 Å². The first kappa shape index (κ1) is 2.22. The van der Waals surface area contributed by atoms with E-state index in [1.807, 2.05) is 0 Å². The molecule has 1 aromatic carbocycles. The SMILES string of the molecule is C.[2H]c1c([2H])c([2H])c(C)c([2H])c1[2H]. The van der Waals surface area contributed by atoms with Crippen molar-refractivity contribution in [3.63, 3.8) is 0 Å². The highest BCUT2D eigenvalue weighted by Gasteiger charge is 1.72. The van der Waals surface area contributed by atoms with Gasteiger partial charge in [0.05, 0.1) is 6.85 Å². The van der Waals surface area contributed by atoms with Crippen LogP contribution in [0, 0.1) is 6.92 Å². The normalized spacial score (nSPS) is 16.4. The second-order valence-electron chi connectivity index (χ2n) is 1.25. The summed E-state index contributed by atoms with van der Waals surface area (Å²) in [4.78, 5) is 0. The van der Waals surface area contributed by atoms with Crippen LogP contribution in [-0.2, 0) is 0 Å². The molecule has 0 aliphatic rings. The Labute approximate surface area is 58.2 Å². The van der Waals surface area contributed by atoms with Gasteiger partial charge in [-0.3, -0.25) is 0 Å². The van der Waals surface area contributed by atoms with Crippen molar-refractivity contribution in [1.82, 2.24) is 0 Å². The van der Waals surface area contributed by atoms with Crippen LogP contribution in [0.25, 0.3) is 0 Å². The Kier molecular flexibility index (Phi) is 0.902. The van der Waals surface area contributed by atoms with Crippen LogP contribution in [0.1, 0.15) is 19.8 Å². The van der Waals surface area contributed by atoms with Gasteiger partial charge in [0, 0.05) is 0 Å². The van der Waals surface area contributed by atoms with Gasteiger partial charge in [0.15, 0.2) is 0 Å². The van der Waals surface area contributed by atoms with Crippen LogP contribution in [-0.4, -0.2) is 0 Å². The molecule has 0 fully saturated rings. The van der Waals surface area contributed by atoms with E-state index in [4.69, 9.17) is 6.85 Å². The minimum atomic E-state index is -0.337. The molecule has 0 spiro atoms. The minimum Gasteiger partial charge on any atom is -0.0776 e. The van der Waals surface area contributed by atoms with E-state index in [-0.39, 0.29) is 37.6 Å². The summed E-state index contributed by atoms with van der Waals surface area (Å²) in [6.07, 6.45) is 0. The summed E-state index contributed by atoms with van der Waals surface area (Å²) in [5.41, 5.74) is 0.293. The van der Waals surface area contributed by atoms with Crippen LogP contribution < -0.4 is 0 Å². The van der Waals surface area contributed by atoms with E-state index >= 15 is 0 Å². The van der Waals surface area contributed by atoms with E-state index in [0.29, 0.717) is 5.56 Å². The Morgan fingerprint density at radius 3 is 2.25 bits per heavy atom. The Morgan fingerprint density at radius 1 is 1.25 bits per heavy atom. The molecule has 0 unspecified atom stereocenters. The van der Waals surface area contributed by atoms with Gasteiger partial charge in [-0.1, -0.05) is 43.2 Å². The maximum Gasteiger partial charge on any atom is 0.0625 e. The van der Waals surface area contributed by atoms with Crippen molar-refractivity contribution in [2.75, 3.05) is 0 Å². The Balaban J connectivity index is 0.00000144. The summed E-state index contributed by atoms with van der Waals surface area (Å²) in [6, 6.07) is -1.13. The topological polar surface area (TPSA) is 0 Å². The first-order chi connectivity index (χ1) is 5.46. The van der Waals surface area contributed by atoms with Gasteiger partial charge in [-0.2, -0.15) is 0 Å². The molecule has 0 aromatic heterocycles. The highest BCUT2D eigenvalue weighted by Crippen LogP contribution is 1.92. The summed E-state index contributed by atoms with van der Waals surface area (Å²) in [7, 11) is 0. The van der Waals surface area contributed by atoms with E-state index < -0.39 is 0 Å². The Bertz CT molecular complexity index is 227. The second kappa shape index (κ2) is 3.25. The molecule has 0 atom stereocenters. The lowest BCUT2D eigenvalue weighted by Gasteiger charge is -1.82. The minimum absolute atomic E-state index is 0. The molecule has 1 aromatic rings. The molecule has 0 amide bonds. The van der Waals surface area contributed by atoms with Crippen molar-refractivity contribution in [3.8, 4) is 0 Å². The van der Waals surface area contributed by atoms with Gasteiger partial charge in [-0.15, -0.1) is 0 Å². The molecule has 0 heteroatoms. The van der Waals surface area contributed by atoms with Gasteiger partial charge in [0.2, 0.25) is 0 Å². The van der Waals surface area contributed by atoms with Gasteiger partial charge in [-0.05, 0) is 6.92 Å². The lowest BCUT2D eigenvalue weighted by atomic mass is 10.2. The first-order valence-corrected chi connectivity index (χ1v) is 2.00.